The molecule has 0 radical (unpaired) electrons. The molecule has 2 saturated heterocycles. The van der Waals surface area contributed by atoms with Gasteiger partial charge < -0.3 is 20.3 Å². The number of rotatable bonds is 5. The zero-order valence-electron chi connectivity index (χ0n) is 17.0. The van der Waals surface area contributed by atoms with E-state index in [1.165, 1.54) is 4.90 Å². The first-order valence-corrected chi connectivity index (χ1v) is 9.96. The van der Waals surface area contributed by atoms with Crippen LogP contribution in [0.3, 0.4) is 0 Å². The van der Waals surface area contributed by atoms with Gasteiger partial charge in [0.25, 0.3) is 5.91 Å². The third-order valence-electron chi connectivity index (χ3n) is 5.69. The first kappa shape index (κ1) is 21.7. The van der Waals surface area contributed by atoms with E-state index < -0.39 is 47.0 Å². The van der Waals surface area contributed by atoms with E-state index in [4.69, 9.17) is 4.74 Å². The third-order valence-corrected chi connectivity index (χ3v) is 5.69. The molecule has 3 amide bonds. The number of carbonyl (C=O) groups is 3. The molecule has 0 spiro atoms. The van der Waals surface area contributed by atoms with Crippen molar-refractivity contribution in [1.29, 1.82) is 0 Å². The number of methoxy groups -OCH3 is 1. The minimum absolute atomic E-state index is 0.0487. The molecule has 0 saturated carbocycles. The maximum atomic E-state index is 13.9. The summed E-state index contributed by atoms with van der Waals surface area (Å²) < 4.78 is 45.5. The van der Waals surface area contributed by atoms with Crippen molar-refractivity contribution in [3.8, 4) is 5.75 Å². The lowest BCUT2D eigenvalue weighted by Gasteiger charge is -2.34. The maximum Gasteiger partial charge on any atom is 0.254 e. The molecule has 10 heteroatoms. The molecule has 2 heterocycles. The summed E-state index contributed by atoms with van der Waals surface area (Å²) >= 11 is 0. The van der Waals surface area contributed by atoms with Crippen molar-refractivity contribution < 1.29 is 32.3 Å². The Kier molecular flexibility index (Phi) is 5.77. The van der Waals surface area contributed by atoms with E-state index in [2.05, 4.69) is 10.6 Å². The van der Waals surface area contributed by atoms with E-state index in [0.29, 0.717) is 17.9 Å². The van der Waals surface area contributed by atoms with Crippen LogP contribution in [0.5, 0.6) is 5.75 Å². The minimum Gasteiger partial charge on any atom is -0.497 e. The van der Waals surface area contributed by atoms with Gasteiger partial charge in [-0.2, -0.15) is 0 Å². The van der Waals surface area contributed by atoms with Gasteiger partial charge >= 0.3 is 0 Å². The third kappa shape index (κ3) is 4.12. The number of nitrogens with zero attached hydrogens (tertiary/aromatic N) is 1. The monoisotopic (exact) mass is 447 g/mol. The molecule has 0 aromatic heterocycles. The van der Waals surface area contributed by atoms with Crippen molar-refractivity contribution in [3.05, 3.63) is 65.0 Å². The van der Waals surface area contributed by atoms with Gasteiger partial charge in [-0.25, -0.2) is 13.2 Å². The smallest absolute Gasteiger partial charge is 0.254 e. The van der Waals surface area contributed by atoms with Crippen molar-refractivity contribution in [2.75, 3.05) is 13.7 Å². The quantitative estimate of drug-likeness (QED) is 0.681. The first-order chi connectivity index (χ1) is 15.3. The SMILES string of the molecule is COc1ccc(C[C@@H]2NC(=O)[C@@H]3C[C@H](NC(=O)c4cc(F)c(F)cc4F)CN3C2=O)cc1. The van der Waals surface area contributed by atoms with Crippen LogP contribution in [0, 0.1) is 17.5 Å². The first-order valence-electron chi connectivity index (χ1n) is 9.96. The van der Waals surface area contributed by atoms with Crippen LogP contribution in [-0.2, 0) is 16.0 Å². The lowest BCUT2D eigenvalue weighted by molar-refractivity contribution is -0.147. The van der Waals surface area contributed by atoms with Gasteiger partial charge in [0.05, 0.1) is 12.7 Å². The van der Waals surface area contributed by atoms with Crippen molar-refractivity contribution in [2.24, 2.45) is 0 Å². The van der Waals surface area contributed by atoms with E-state index in [1.54, 1.807) is 31.4 Å². The van der Waals surface area contributed by atoms with Crippen LogP contribution in [0.25, 0.3) is 0 Å². The van der Waals surface area contributed by atoms with Crippen LogP contribution in [0.1, 0.15) is 22.3 Å². The second-order valence-corrected chi connectivity index (χ2v) is 7.77. The summed E-state index contributed by atoms with van der Waals surface area (Å²) in [6.07, 6.45) is 0.415. The van der Waals surface area contributed by atoms with Crippen molar-refractivity contribution in [3.63, 3.8) is 0 Å². The average molecular weight is 447 g/mol. The molecule has 3 atom stereocenters. The lowest BCUT2D eigenvalue weighted by Crippen LogP contribution is -2.61. The highest BCUT2D eigenvalue weighted by Crippen LogP contribution is 2.25. The van der Waals surface area contributed by atoms with Gasteiger partial charge in [0.1, 0.15) is 23.7 Å². The number of benzene rings is 2. The molecule has 0 aliphatic carbocycles. The van der Waals surface area contributed by atoms with Crippen LogP contribution in [-0.4, -0.2) is 54.4 Å². The fraction of sp³-hybridized carbons (Fsp3) is 0.318. The number of amides is 3. The van der Waals surface area contributed by atoms with Gasteiger partial charge in [-0.1, -0.05) is 12.1 Å². The van der Waals surface area contributed by atoms with Gasteiger partial charge in [0, 0.05) is 25.1 Å². The highest BCUT2D eigenvalue weighted by Gasteiger charge is 2.46. The van der Waals surface area contributed by atoms with Crippen LogP contribution < -0.4 is 15.4 Å². The molecule has 2 fully saturated rings. The van der Waals surface area contributed by atoms with E-state index >= 15 is 0 Å². The van der Waals surface area contributed by atoms with E-state index in [0.717, 1.165) is 5.56 Å². The van der Waals surface area contributed by atoms with Gasteiger partial charge in [0.15, 0.2) is 11.6 Å². The second kappa shape index (κ2) is 8.52. The molecular formula is C22H20F3N3O4. The Balaban J connectivity index is 1.43. The Hall–Kier alpha value is -3.56. The number of hydrogen-bond donors (Lipinski definition) is 2. The Morgan fingerprint density at radius 1 is 1.12 bits per heavy atom. The number of carbonyl (C=O) groups excluding carboxylic acids is 3. The Labute approximate surface area is 181 Å². The Morgan fingerprint density at radius 2 is 1.81 bits per heavy atom. The minimum atomic E-state index is -1.40. The predicted octanol–water partition coefficient (Wildman–Crippen LogP) is 1.55. The number of piperazine rings is 1. The highest BCUT2D eigenvalue weighted by atomic mass is 19.2. The van der Waals surface area contributed by atoms with Crippen LogP contribution in [0.4, 0.5) is 13.2 Å². The number of nitrogens with one attached hydrogen (secondary N) is 2. The van der Waals surface area contributed by atoms with Crippen molar-refractivity contribution in [2.45, 2.75) is 31.0 Å². The Morgan fingerprint density at radius 3 is 2.50 bits per heavy atom. The standard InChI is InChI=1S/C22H20F3N3O4/c1-32-13-4-2-11(3-5-13)6-18-22(31)28-10-12(7-19(28)21(30)27-18)26-20(29)14-8-16(24)17(25)9-15(14)23/h2-5,8-9,12,18-19H,6-7,10H2,1H3,(H,26,29)(H,27,30)/t12-,18-,19-/m0/s1. The molecule has 4 rings (SSSR count). The molecule has 168 valence electrons. The van der Waals surface area contributed by atoms with E-state index in [1.807, 2.05) is 0 Å². The number of halogens is 3. The summed E-state index contributed by atoms with van der Waals surface area (Å²) in [5, 5.41) is 5.22. The molecule has 0 bridgehead atoms. The molecule has 32 heavy (non-hydrogen) atoms. The Bertz CT molecular complexity index is 1080. The molecule has 0 unspecified atom stereocenters. The summed E-state index contributed by atoms with van der Waals surface area (Å²) in [4.78, 5) is 39.3. The molecule has 2 N–H and O–H groups in total. The number of fused-ring (bicyclic) bond motifs is 1. The van der Waals surface area contributed by atoms with Gasteiger partial charge in [-0.3, -0.25) is 14.4 Å². The molecule has 7 nitrogen and oxygen atoms in total. The van der Waals surface area contributed by atoms with E-state index in [-0.39, 0.29) is 31.2 Å². The summed E-state index contributed by atoms with van der Waals surface area (Å²) in [6, 6.07) is 5.71. The molecule has 2 aliphatic heterocycles. The van der Waals surface area contributed by atoms with Gasteiger partial charge in [-0.15, -0.1) is 0 Å². The topological polar surface area (TPSA) is 87.7 Å². The fourth-order valence-electron chi connectivity index (χ4n) is 4.06. The summed E-state index contributed by atoms with van der Waals surface area (Å²) in [5.41, 5.74) is 0.183. The number of ether oxygens (including phenoxy) is 1. The summed E-state index contributed by atoms with van der Waals surface area (Å²) in [5.74, 6) is -4.87. The zero-order chi connectivity index (χ0) is 23.0. The van der Waals surface area contributed by atoms with E-state index in [9.17, 15) is 27.6 Å². The van der Waals surface area contributed by atoms with Crippen LogP contribution >= 0.6 is 0 Å². The predicted molar refractivity (Wildman–Crippen MR) is 106 cm³/mol. The highest BCUT2D eigenvalue weighted by molar-refractivity contribution is 5.98. The van der Waals surface area contributed by atoms with Crippen molar-refractivity contribution in [1.82, 2.24) is 15.5 Å². The lowest BCUT2D eigenvalue weighted by atomic mass is 10.0. The molecule has 2 aromatic rings. The second-order valence-electron chi connectivity index (χ2n) is 7.77. The molecule has 2 aliphatic rings. The molecule has 2 aromatic carbocycles. The van der Waals surface area contributed by atoms with Crippen molar-refractivity contribution >= 4 is 17.7 Å². The van der Waals surface area contributed by atoms with Gasteiger partial charge in [0.2, 0.25) is 11.8 Å². The summed E-state index contributed by atoms with van der Waals surface area (Å²) in [6.45, 7) is 0.0487. The largest absolute Gasteiger partial charge is 0.497 e. The maximum absolute atomic E-state index is 13.9. The van der Waals surface area contributed by atoms with Crippen LogP contribution in [0.2, 0.25) is 0 Å². The fourth-order valence-corrected chi connectivity index (χ4v) is 4.06. The molecular weight excluding hydrogens is 427 g/mol. The normalized spacial score (nSPS) is 22.4. The summed E-state index contributed by atoms with van der Waals surface area (Å²) in [7, 11) is 1.55. The van der Waals surface area contributed by atoms with Gasteiger partial charge in [-0.05, 0) is 30.2 Å². The van der Waals surface area contributed by atoms with Crippen LogP contribution in [0.15, 0.2) is 36.4 Å². The zero-order valence-corrected chi connectivity index (χ0v) is 17.0. The average Bonchev–Trinajstić information content (AvgIpc) is 3.19. The number of hydrogen-bond acceptors (Lipinski definition) is 4.